The minimum atomic E-state index is -1.97. The van der Waals surface area contributed by atoms with E-state index in [-0.39, 0.29) is 16.8 Å². The van der Waals surface area contributed by atoms with Gasteiger partial charge in [-0.1, -0.05) is 0 Å². The summed E-state index contributed by atoms with van der Waals surface area (Å²) in [6.07, 6.45) is 0.295. The number of hydrogen-bond donors (Lipinski definition) is 2. The lowest BCUT2D eigenvalue weighted by Crippen LogP contribution is -2.33. The van der Waals surface area contributed by atoms with Gasteiger partial charge in [0, 0.05) is 5.46 Å². The number of aldehydes is 1. The maximum absolute atomic E-state index is 13.3. The Balaban J connectivity index is 3.25. The monoisotopic (exact) mass is 212 g/mol. The molecule has 0 spiro atoms. The fraction of sp³-hybridized carbons (Fsp3) is 0.222. The van der Waals surface area contributed by atoms with Gasteiger partial charge in [-0.3, -0.25) is 4.79 Å². The van der Waals surface area contributed by atoms with Crippen LogP contribution < -0.4 is 10.2 Å². The van der Waals surface area contributed by atoms with Gasteiger partial charge in [-0.05, 0) is 19.1 Å². The second kappa shape index (κ2) is 4.90. The fourth-order valence-electron chi connectivity index (χ4n) is 1.17. The van der Waals surface area contributed by atoms with E-state index >= 15 is 0 Å². The molecule has 0 radical (unpaired) electrons. The second-order valence-corrected chi connectivity index (χ2v) is 2.84. The molecule has 2 N–H and O–H groups in total. The molecule has 0 heterocycles. The molecule has 0 saturated heterocycles. The highest BCUT2D eigenvalue weighted by atomic mass is 19.1. The Morgan fingerprint density at radius 3 is 2.67 bits per heavy atom. The van der Waals surface area contributed by atoms with E-state index in [1.165, 1.54) is 6.07 Å². The van der Waals surface area contributed by atoms with E-state index in [9.17, 15) is 9.18 Å². The van der Waals surface area contributed by atoms with Crippen LogP contribution in [-0.2, 0) is 0 Å². The van der Waals surface area contributed by atoms with E-state index in [1.807, 2.05) is 0 Å². The molecule has 6 heteroatoms. The Bertz CT molecular complexity index is 367. The van der Waals surface area contributed by atoms with Crippen LogP contribution in [0.4, 0.5) is 4.39 Å². The molecule has 15 heavy (non-hydrogen) atoms. The molecular weight excluding hydrogens is 202 g/mol. The van der Waals surface area contributed by atoms with Crippen LogP contribution in [-0.4, -0.2) is 30.1 Å². The molecule has 0 aliphatic carbocycles. The lowest BCUT2D eigenvalue weighted by molar-refractivity contribution is 0.111. The molecule has 0 aliphatic heterocycles. The van der Waals surface area contributed by atoms with E-state index in [1.54, 1.807) is 6.92 Å². The summed E-state index contributed by atoms with van der Waals surface area (Å²) in [7, 11) is -1.97. The Hall–Kier alpha value is -1.40. The minimum Gasteiger partial charge on any atom is -0.494 e. The van der Waals surface area contributed by atoms with Crippen molar-refractivity contribution in [2.24, 2.45) is 0 Å². The first-order valence-corrected chi connectivity index (χ1v) is 4.37. The van der Waals surface area contributed by atoms with Crippen LogP contribution in [0.15, 0.2) is 12.1 Å². The number of ether oxygens (including phenoxy) is 1. The third kappa shape index (κ3) is 2.54. The van der Waals surface area contributed by atoms with Crippen LogP contribution in [0.2, 0.25) is 0 Å². The van der Waals surface area contributed by atoms with Gasteiger partial charge in [0.1, 0.15) is 11.6 Å². The molecule has 1 rings (SSSR count). The normalized spacial score (nSPS) is 9.87. The van der Waals surface area contributed by atoms with Crippen molar-refractivity contribution in [1.82, 2.24) is 0 Å². The molecule has 1 aromatic carbocycles. The summed E-state index contributed by atoms with van der Waals surface area (Å²) in [5, 5.41) is 17.7. The Morgan fingerprint density at radius 1 is 1.53 bits per heavy atom. The number of carbonyl (C=O) groups excluding carboxylic acids is 1. The molecule has 0 aromatic heterocycles. The van der Waals surface area contributed by atoms with Crippen molar-refractivity contribution in [3.8, 4) is 5.75 Å². The number of benzene rings is 1. The van der Waals surface area contributed by atoms with Crippen LogP contribution in [0.1, 0.15) is 17.3 Å². The van der Waals surface area contributed by atoms with Crippen molar-refractivity contribution in [3.63, 3.8) is 0 Å². The molecule has 80 valence electrons. The van der Waals surface area contributed by atoms with Crippen LogP contribution in [0, 0.1) is 5.82 Å². The summed E-state index contributed by atoms with van der Waals surface area (Å²) in [6, 6.07) is 2.36. The minimum absolute atomic E-state index is 0.226. The summed E-state index contributed by atoms with van der Waals surface area (Å²) >= 11 is 0. The van der Waals surface area contributed by atoms with Gasteiger partial charge >= 0.3 is 7.12 Å². The van der Waals surface area contributed by atoms with Crippen LogP contribution in [0.3, 0.4) is 0 Å². The predicted molar refractivity (Wildman–Crippen MR) is 52.8 cm³/mol. The van der Waals surface area contributed by atoms with E-state index in [4.69, 9.17) is 14.8 Å². The SMILES string of the molecule is CCOc1cc(C=O)c(F)c(B(O)O)c1. The first kappa shape index (κ1) is 11.7. The fourth-order valence-corrected chi connectivity index (χ4v) is 1.17. The Kier molecular flexibility index (Phi) is 3.82. The molecule has 0 atom stereocenters. The Morgan fingerprint density at radius 2 is 2.20 bits per heavy atom. The van der Waals surface area contributed by atoms with Gasteiger partial charge < -0.3 is 14.8 Å². The standard InChI is InChI=1S/C9H10BFO4/c1-2-15-7-3-6(5-12)9(11)8(4-7)10(13)14/h3-5,13-14H,2H2,1H3. The number of halogens is 1. The average molecular weight is 212 g/mol. The third-order valence-corrected chi connectivity index (χ3v) is 1.82. The van der Waals surface area contributed by atoms with Gasteiger partial charge in [-0.2, -0.15) is 0 Å². The first-order chi connectivity index (χ1) is 7.10. The maximum Gasteiger partial charge on any atom is 0.491 e. The molecular formula is C9H10BFO4. The van der Waals surface area contributed by atoms with Crippen molar-refractivity contribution in [1.29, 1.82) is 0 Å². The van der Waals surface area contributed by atoms with Gasteiger partial charge in [-0.15, -0.1) is 0 Å². The molecule has 0 aliphatic rings. The van der Waals surface area contributed by atoms with E-state index in [0.717, 1.165) is 6.07 Å². The summed E-state index contributed by atoms with van der Waals surface area (Å²) in [4.78, 5) is 10.5. The lowest BCUT2D eigenvalue weighted by atomic mass is 9.79. The summed E-state index contributed by atoms with van der Waals surface area (Å²) < 4.78 is 18.4. The van der Waals surface area contributed by atoms with Crippen LogP contribution in [0.25, 0.3) is 0 Å². The van der Waals surface area contributed by atoms with Crippen molar-refractivity contribution < 1.29 is 24.0 Å². The zero-order valence-electron chi connectivity index (χ0n) is 8.11. The smallest absolute Gasteiger partial charge is 0.491 e. The van der Waals surface area contributed by atoms with Gasteiger partial charge in [0.05, 0.1) is 12.2 Å². The predicted octanol–water partition coefficient (Wildman–Crippen LogP) is -0.283. The molecule has 0 fully saturated rings. The Labute approximate surface area is 86.4 Å². The van der Waals surface area contributed by atoms with Crippen molar-refractivity contribution in [2.75, 3.05) is 6.61 Å². The largest absolute Gasteiger partial charge is 0.494 e. The topological polar surface area (TPSA) is 66.8 Å². The highest BCUT2D eigenvalue weighted by Crippen LogP contribution is 2.14. The summed E-state index contributed by atoms with van der Waals surface area (Å²) in [5.41, 5.74) is -0.632. The van der Waals surface area contributed by atoms with Crippen molar-refractivity contribution in [2.45, 2.75) is 6.92 Å². The van der Waals surface area contributed by atoms with Crippen LogP contribution >= 0.6 is 0 Å². The average Bonchev–Trinajstić information content (AvgIpc) is 2.20. The molecule has 0 bridgehead atoms. The quantitative estimate of drug-likeness (QED) is 0.531. The van der Waals surface area contributed by atoms with Crippen molar-refractivity contribution in [3.05, 3.63) is 23.5 Å². The maximum atomic E-state index is 13.3. The second-order valence-electron chi connectivity index (χ2n) is 2.84. The van der Waals surface area contributed by atoms with Gasteiger partial charge in [-0.25, -0.2) is 4.39 Å². The van der Waals surface area contributed by atoms with Crippen LogP contribution in [0.5, 0.6) is 5.75 Å². The lowest BCUT2D eigenvalue weighted by Gasteiger charge is -2.08. The number of hydrogen-bond acceptors (Lipinski definition) is 4. The van der Waals surface area contributed by atoms with E-state index < -0.39 is 12.9 Å². The highest BCUT2D eigenvalue weighted by Gasteiger charge is 2.20. The third-order valence-electron chi connectivity index (χ3n) is 1.82. The molecule has 4 nitrogen and oxygen atoms in total. The van der Waals surface area contributed by atoms with Gasteiger partial charge in [0.25, 0.3) is 0 Å². The summed E-state index contributed by atoms with van der Waals surface area (Å²) in [6.45, 7) is 2.06. The molecule has 1 aromatic rings. The molecule has 0 unspecified atom stereocenters. The molecule has 0 amide bonds. The van der Waals surface area contributed by atoms with E-state index in [2.05, 4.69) is 0 Å². The number of rotatable bonds is 4. The van der Waals surface area contributed by atoms with Gasteiger partial charge in [0.2, 0.25) is 0 Å². The zero-order chi connectivity index (χ0) is 11.4. The van der Waals surface area contributed by atoms with E-state index in [0.29, 0.717) is 12.9 Å². The highest BCUT2D eigenvalue weighted by molar-refractivity contribution is 6.58. The van der Waals surface area contributed by atoms with Crippen molar-refractivity contribution >= 4 is 18.9 Å². The molecule has 0 saturated carbocycles. The summed E-state index contributed by atoms with van der Waals surface area (Å²) in [5.74, 6) is -0.715. The first-order valence-electron chi connectivity index (χ1n) is 4.37. The number of carbonyl (C=O) groups is 1. The van der Waals surface area contributed by atoms with Gasteiger partial charge in [0.15, 0.2) is 6.29 Å². The zero-order valence-corrected chi connectivity index (χ0v) is 8.11.